The van der Waals surface area contributed by atoms with Gasteiger partial charge in [-0.05, 0) is 79.6 Å². The van der Waals surface area contributed by atoms with E-state index in [0.717, 1.165) is 11.6 Å². The number of hydrogen-bond acceptors (Lipinski definition) is 2. The molecule has 2 aromatic carbocycles. The van der Waals surface area contributed by atoms with Gasteiger partial charge in [-0.1, -0.05) is 30.3 Å². The van der Waals surface area contributed by atoms with Crippen LogP contribution in [-0.2, 0) is 12.8 Å². The van der Waals surface area contributed by atoms with E-state index in [1.807, 2.05) is 12.1 Å². The summed E-state index contributed by atoms with van der Waals surface area (Å²) in [5.74, 6) is 0. The molecule has 1 heterocycles. The maximum atomic E-state index is 8.92. The van der Waals surface area contributed by atoms with Gasteiger partial charge in [0.25, 0.3) is 0 Å². The van der Waals surface area contributed by atoms with Crippen LogP contribution in [-0.4, -0.2) is 24.0 Å². The average molecular weight is 302 g/mol. The molecule has 0 saturated carbocycles. The summed E-state index contributed by atoms with van der Waals surface area (Å²) < 4.78 is 0. The molecule has 0 radical (unpaired) electrons. The highest BCUT2D eigenvalue weighted by molar-refractivity contribution is 5.66. The van der Waals surface area contributed by atoms with Crippen molar-refractivity contribution in [1.29, 1.82) is 5.26 Å². The first kappa shape index (κ1) is 14.5. The molecule has 1 aliphatic heterocycles. The zero-order valence-electron chi connectivity index (χ0n) is 13.5. The Kier molecular flexibility index (Phi) is 3.89. The van der Waals surface area contributed by atoms with Crippen molar-refractivity contribution in [3.8, 4) is 17.2 Å². The van der Waals surface area contributed by atoms with Crippen LogP contribution in [0, 0.1) is 11.3 Å². The van der Waals surface area contributed by atoms with Crippen LogP contribution in [0.4, 0.5) is 0 Å². The molecule has 1 atom stereocenters. The largest absolute Gasteiger partial charge is 0.300 e. The number of aryl methyl sites for hydroxylation is 1. The van der Waals surface area contributed by atoms with Crippen molar-refractivity contribution >= 4 is 0 Å². The molecule has 1 aliphatic carbocycles. The van der Waals surface area contributed by atoms with E-state index in [9.17, 15) is 0 Å². The Hall–Kier alpha value is -2.11. The third kappa shape index (κ3) is 2.90. The van der Waals surface area contributed by atoms with Crippen molar-refractivity contribution < 1.29 is 0 Å². The van der Waals surface area contributed by atoms with Crippen molar-refractivity contribution in [2.45, 2.75) is 38.1 Å². The summed E-state index contributed by atoms with van der Waals surface area (Å²) in [6, 6.07) is 17.8. The zero-order chi connectivity index (χ0) is 15.6. The van der Waals surface area contributed by atoms with Gasteiger partial charge in [0.05, 0.1) is 11.6 Å². The lowest BCUT2D eigenvalue weighted by Gasteiger charge is -2.32. The highest BCUT2D eigenvalue weighted by Gasteiger charge is 2.26. The van der Waals surface area contributed by atoms with E-state index in [1.54, 1.807) is 0 Å². The highest BCUT2D eigenvalue weighted by Crippen LogP contribution is 2.30. The van der Waals surface area contributed by atoms with Gasteiger partial charge >= 0.3 is 0 Å². The number of likely N-dealkylation sites (tertiary alicyclic amines) is 1. The third-order valence-corrected chi connectivity index (χ3v) is 5.41. The summed E-state index contributed by atoms with van der Waals surface area (Å²) >= 11 is 0. The summed E-state index contributed by atoms with van der Waals surface area (Å²) in [5.41, 5.74) is 6.24. The Morgan fingerprint density at radius 1 is 0.913 bits per heavy atom. The van der Waals surface area contributed by atoms with Gasteiger partial charge in [-0.2, -0.15) is 5.26 Å². The fraction of sp³-hybridized carbons (Fsp3) is 0.381. The smallest absolute Gasteiger partial charge is 0.0991 e. The minimum Gasteiger partial charge on any atom is -0.300 e. The molecule has 1 saturated heterocycles. The Balaban J connectivity index is 1.56. The first-order chi connectivity index (χ1) is 11.3. The molecule has 1 unspecified atom stereocenters. The maximum Gasteiger partial charge on any atom is 0.0991 e. The van der Waals surface area contributed by atoms with Crippen molar-refractivity contribution in [1.82, 2.24) is 4.90 Å². The topological polar surface area (TPSA) is 27.0 Å². The molecule has 1 fully saturated rings. The molecule has 2 aliphatic rings. The first-order valence-corrected chi connectivity index (χ1v) is 8.70. The molecule has 0 spiro atoms. The molecule has 2 heteroatoms. The summed E-state index contributed by atoms with van der Waals surface area (Å²) in [6.45, 7) is 2.59. The van der Waals surface area contributed by atoms with Gasteiger partial charge in [-0.3, -0.25) is 0 Å². The maximum absolute atomic E-state index is 8.92. The van der Waals surface area contributed by atoms with Crippen LogP contribution in [0.15, 0.2) is 42.5 Å². The van der Waals surface area contributed by atoms with Crippen LogP contribution >= 0.6 is 0 Å². The fourth-order valence-corrected chi connectivity index (χ4v) is 4.07. The molecule has 4 rings (SSSR count). The molecule has 2 aromatic rings. The Morgan fingerprint density at radius 3 is 2.39 bits per heavy atom. The molecular weight excluding hydrogens is 280 g/mol. The molecule has 116 valence electrons. The van der Waals surface area contributed by atoms with Gasteiger partial charge < -0.3 is 4.90 Å². The summed E-state index contributed by atoms with van der Waals surface area (Å²) in [5, 5.41) is 8.92. The van der Waals surface area contributed by atoms with Crippen molar-refractivity contribution in [2.75, 3.05) is 13.1 Å². The standard InChI is InChI=1S/C21H22N2/c22-15-16-3-5-17(6-4-16)18-7-8-20-14-21(10-9-19(20)13-18)23-11-1-2-12-23/h3-8,13,21H,1-2,9-12,14H2. The van der Waals surface area contributed by atoms with E-state index in [2.05, 4.69) is 41.3 Å². The molecular formula is C21H22N2. The number of benzene rings is 2. The normalized spacial score (nSPS) is 20.9. The molecule has 0 bridgehead atoms. The lowest BCUT2D eigenvalue weighted by molar-refractivity contribution is 0.222. The second kappa shape index (κ2) is 6.18. The Morgan fingerprint density at radius 2 is 1.65 bits per heavy atom. The number of nitrogens with zero attached hydrogens (tertiary/aromatic N) is 2. The minimum atomic E-state index is 0.722. The Labute approximate surface area is 138 Å². The number of fused-ring (bicyclic) bond motifs is 1. The van der Waals surface area contributed by atoms with Crippen molar-refractivity contribution in [3.63, 3.8) is 0 Å². The van der Waals surface area contributed by atoms with E-state index in [-0.39, 0.29) is 0 Å². The summed E-state index contributed by atoms with van der Waals surface area (Å²) in [7, 11) is 0. The van der Waals surface area contributed by atoms with Crippen LogP contribution in [0.2, 0.25) is 0 Å². The highest BCUT2D eigenvalue weighted by atomic mass is 15.2. The van der Waals surface area contributed by atoms with Gasteiger partial charge in [0.2, 0.25) is 0 Å². The van der Waals surface area contributed by atoms with Gasteiger partial charge in [0, 0.05) is 6.04 Å². The summed E-state index contributed by atoms with van der Waals surface area (Å²) in [6.07, 6.45) is 6.45. The number of rotatable bonds is 2. The lowest BCUT2D eigenvalue weighted by Crippen LogP contribution is -2.37. The SMILES string of the molecule is N#Cc1ccc(-c2ccc3c(c2)CCC(N2CCCC2)C3)cc1. The second-order valence-corrected chi connectivity index (χ2v) is 6.81. The third-order valence-electron chi connectivity index (χ3n) is 5.41. The molecule has 0 N–H and O–H groups in total. The van der Waals surface area contributed by atoms with Crippen LogP contribution in [0.25, 0.3) is 11.1 Å². The predicted molar refractivity (Wildman–Crippen MR) is 93.2 cm³/mol. The van der Waals surface area contributed by atoms with Crippen LogP contribution in [0.1, 0.15) is 36.0 Å². The van der Waals surface area contributed by atoms with Gasteiger partial charge in [-0.25, -0.2) is 0 Å². The van der Waals surface area contributed by atoms with E-state index in [1.165, 1.54) is 67.4 Å². The number of nitriles is 1. The Bertz CT molecular complexity index is 733. The average Bonchev–Trinajstić information content (AvgIpc) is 3.15. The monoisotopic (exact) mass is 302 g/mol. The van der Waals surface area contributed by atoms with E-state index < -0.39 is 0 Å². The van der Waals surface area contributed by atoms with Crippen LogP contribution in [0.5, 0.6) is 0 Å². The number of hydrogen-bond donors (Lipinski definition) is 0. The van der Waals surface area contributed by atoms with E-state index >= 15 is 0 Å². The van der Waals surface area contributed by atoms with E-state index in [4.69, 9.17) is 5.26 Å². The van der Waals surface area contributed by atoms with Gasteiger partial charge in [-0.15, -0.1) is 0 Å². The fourth-order valence-electron chi connectivity index (χ4n) is 4.07. The molecule has 23 heavy (non-hydrogen) atoms. The van der Waals surface area contributed by atoms with Crippen molar-refractivity contribution in [3.05, 3.63) is 59.2 Å². The molecule has 2 nitrogen and oxygen atoms in total. The predicted octanol–water partition coefficient (Wildman–Crippen LogP) is 4.18. The van der Waals surface area contributed by atoms with Crippen molar-refractivity contribution in [2.24, 2.45) is 0 Å². The van der Waals surface area contributed by atoms with Crippen LogP contribution < -0.4 is 0 Å². The second-order valence-electron chi connectivity index (χ2n) is 6.81. The minimum absolute atomic E-state index is 0.722. The zero-order valence-corrected chi connectivity index (χ0v) is 13.5. The molecule has 0 amide bonds. The van der Waals surface area contributed by atoms with Crippen LogP contribution in [0.3, 0.4) is 0 Å². The lowest BCUT2D eigenvalue weighted by atomic mass is 9.85. The van der Waals surface area contributed by atoms with Gasteiger partial charge in [0.1, 0.15) is 0 Å². The van der Waals surface area contributed by atoms with Gasteiger partial charge in [0.15, 0.2) is 0 Å². The summed E-state index contributed by atoms with van der Waals surface area (Å²) in [4.78, 5) is 2.69. The quantitative estimate of drug-likeness (QED) is 0.832. The van der Waals surface area contributed by atoms with E-state index in [0.29, 0.717) is 0 Å². The molecule has 0 aromatic heterocycles. The first-order valence-electron chi connectivity index (χ1n) is 8.70.